The molecule has 0 atom stereocenters. The maximum Gasteiger partial charge on any atom is 0.323 e. The van der Waals surface area contributed by atoms with Gasteiger partial charge in [0.05, 0.1) is 18.1 Å². The Balaban J connectivity index is 1.90. The van der Waals surface area contributed by atoms with E-state index < -0.39 is 11.8 Å². The molecule has 1 aliphatic heterocycles. The lowest BCUT2D eigenvalue weighted by molar-refractivity contribution is -0.148. The molecule has 0 aromatic heterocycles. The molecule has 6 nitrogen and oxygen atoms in total. The predicted molar refractivity (Wildman–Crippen MR) is 84.7 cm³/mol. The highest BCUT2D eigenvalue weighted by Crippen LogP contribution is 2.25. The summed E-state index contributed by atoms with van der Waals surface area (Å²) in [6.07, 6.45) is 1.24. The van der Waals surface area contributed by atoms with Gasteiger partial charge in [-0.1, -0.05) is 11.6 Å². The van der Waals surface area contributed by atoms with Crippen LogP contribution in [0.2, 0.25) is 5.02 Å². The first-order chi connectivity index (χ1) is 11.5. The van der Waals surface area contributed by atoms with Gasteiger partial charge in [0.15, 0.2) is 0 Å². The van der Waals surface area contributed by atoms with E-state index in [4.69, 9.17) is 26.2 Å². The molecule has 0 unspecified atom stereocenters. The Morgan fingerprint density at radius 1 is 1.38 bits per heavy atom. The highest BCUT2D eigenvalue weighted by Gasteiger charge is 2.27. The molecule has 1 heterocycles. The van der Waals surface area contributed by atoms with Crippen molar-refractivity contribution in [1.82, 2.24) is 4.90 Å². The summed E-state index contributed by atoms with van der Waals surface area (Å²) in [7, 11) is 0. The highest BCUT2D eigenvalue weighted by atomic mass is 35.5. The number of hydrogen-bond donors (Lipinski definition) is 1. The van der Waals surface area contributed by atoms with Crippen LogP contribution in [0.3, 0.4) is 0 Å². The summed E-state index contributed by atoms with van der Waals surface area (Å²) < 4.78 is 23.6. The summed E-state index contributed by atoms with van der Waals surface area (Å²) in [4.78, 5) is 24.7. The molecule has 1 aromatic carbocycles. The number of ether oxygens (including phenoxy) is 2. The van der Waals surface area contributed by atoms with E-state index in [9.17, 15) is 14.0 Å². The predicted octanol–water partition coefficient (Wildman–Crippen LogP) is 2.34. The number of aliphatic carboxylic acids is 1. The van der Waals surface area contributed by atoms with Crippen molar-refractivity contribution in [2.75, 3.05) is 26.4 Å². The number of rotatable bonds is 7. The molecule has 1 aromatic rings. The van der Waals surface area contributed by atoms with E-state index >= 15 is 0 Å². The van der Waals surface area contributed by atoms with Crippen LogP contribution in [0.5, 0.6) is 5.75 Å². The number of carbonyl (C=O) groups is 2. The van der Waals surface area contributed by atoms with Crippen molar-refractivity contribution in [2.24, 2.45) is 0 Å². The Labute approximate surface area is 144 Å². The largest absolute Gasteiger partial charge is 0.491 e. The van der Waals surface area contributed by atoms with Crippen molar-refractivity contribution >= 4 is 23.5 Å². The molecule has 0 saturated carbocycles. The molecule has 1 amide bonds. The minimum atomic E-state index is -1.06. The van der Waals surface area contributed by atoms with E-state index in [-0.39, 0.29) is 42.3 Å². The number of hydrogen-bond acceptors (Lipinski definition) is 4. The van der Waals surface area contributed by atoms with E-state index in [0.29, 0.717) is 26.1 Å². The van der Waals surface area contributed by atoms with Gasteiger partial charge in [0.2, 0.25) is 5.91 Å². The zero-order valence-corrected chi connectivity index (χ0v) is 13.8. The van der Waals surface area contributed by atoms with Gasteiger partial charge in [-0.2, -0.15) is 0 Å². The summed E-state index contributed by atoms with van der Waals surface area (Å²) in [6.45, 7) is 0.704. The average molecular weight is 360 g/mol. The summed E-state index contributed by atoms with van der Waals surface area (Å²) in [6, 6.07) is 3.58. The van der Waals surface area contributed by atoms with Gasteiger partial charge in [0.25, 0.3) is 0 Å². The summed E-state index contributed by atoms with van der Waals surface area (Å²) in [5.74, 6) is -1.56. The summed E-state index contributed by atoms with van der Waals surface area (Å²) in [5.41, 5.74) is 0. The van der Waals surface area contributed by atoms with E-state index in [1.54, 1.807) is 0 Å². The van der Waals surface area contributed by atoms with Crippen LogP contribution >= 0.6 is 11.6 Å². The summed E-state index contributed by atoms with van der Waals surface area (Å²) >= 11 is 5.85. The quantitative estimate of drug-likeness (QED) is 0.808. The Hall–Kier alpha value is -1.86. The molecule has 24 heavy (non-hydrogen) atoms. The van der Waals surface area contributed by atoms with Crippen molar-refractivity contribution in [3.63, 3.8) is 0 Å². The number of nitrogens with zero attached hydrogens (tertiary/aromatic N) is 1. The molecule has 0 spiro atoms. The second kappa shape index (κ2) is 8.84. The van der Waals surface area contributed by atoms with Gasteiger partial charge in [0.1, 0.15) is 18.1 Å². The fourth-order valence-corrected chi connectivity index (χ4v) is 2.77. The fourth-order valence-electron chi connectivity index (χ4n) is 2.55. The normalized spacial score (nSPS) is 15.1. The van der Waals surface area contributed by atoms with Gasteiger partial charge in [-0.15, -0.1) is 0 Å². The Morgan fingerprint density at radius 2 is 2.08 bits per heavy atom. The highest BCUT2D eigenvalue weighted by molar-refractivity contribution is 6.32. The molecular weight excluding hydrogens is 341 g/mol. The van der Waals surface area contributed by atoms with Crippen molar-refractivity contribution in [2.45, 2.75) is 25.3 Å². The zero-order chi connectivity index (χ0) is 17.5. The standard InChI is InChI=1S/C16H19ClFNO5/c17-13-9-11(18)1-2-14(13)24-8-5-15(20)19(10-16(21)22)12-3-6-23-7-4-12/h1-2,9,12H,3-8,10H2,(H,21,22). The smallest absolute Gasteiger partial charge is 0.323 e. The third-order valence-corrected chi connectivity index (χ3v) is 4.02. The SMILES string of the molecule is O=C(O)CN(C(=O)CCOc1ccc(F)cc1Cl)C1CCOCC1. The third-order valence-electron chi connectivity index (χ3n) is 3.72. The monoisotopic (exact) mass is 359 g/mol. The van der Waals surface area contributed by atoms with Crippen LogP contribution in [0.4, 0.5) is 4.39 Å². The molecule has 0 aliphatic carbocycles. The first-order valence-electron chi connectivity index (χ1n) is 7.64. The minimum absolute atomic E-state index is 0.0122. The van der Waals surface area contributed by atoms with Crippen molar-refractivity contribution < 1.29 is 28.6 Å². The number of benzene rings is 1. The van der Waals surface area contributed by atoms with Gasteiger partial charge >= 0.3 is 5.97 Å². The van der Waals surface area contributed by atoms with E-state index in [2.05, 4.69) is 0 Å². The number of carboxylic acid groups (broad SMARTS) is 1. The molecule has 1 aliphatic rings. The van der Waals surface area contributed by atoms with E-state index in [0.717, 1.165) is 6.07 Å². The lowest BCUT2D eigenvalue weighted by atomic mass is 10.1. The van der Waals surface area contributed by atoms with Crippen LogP contribution < -0.4 is 4.74 Å². The average Bonchev–Trinajstić information content (AvgIpc) is 2.55. The van der Waals surface area contributed by atoms with Gasteiger partial charge in [-0.3, -0.25) is 9.59 Å². The molecular formula is C16H19ClFNO5. The van der Waals surface area contributed by atoms with Crippen LogP contribution in [-0.2, 0) is 14.3 Å². The van der Waals surface area contributed by atoms with Gasteiger partial charge in [-0.25, -0.2) is 4.39 Å². The van der Waals surface area contributed by atoms with E-state index in [1.807, 2.05) is 0 Å². The number of carbonyl (C=O) groups excluding carboxylic acids is 1. The number of halogens is 2. The first kappa shape index (κ1) is 18.5. The number of carboxylic acids is 1. The van der Waals surface area contributed by atoms with Crippen LogP contribution in [0.1, 0.15) is 19.3 Å². The second-order valence-electron chi connectivity index (χ2n) is 5.43. The maximum absolute atomic E-state index is 13.0. The number of amides is 1. The van der Waals surface area contributed by atoms with Gasteiger partial charge < -0.3 is 19.5 Å². The fraction of sp³-hybridized carbons (Fsp3) is 0.500. The summed E-state index contributed by atoms with van der Waals surface area (Å²) in [5, 5.41) is 9.14. The zero-order valence-electron chi connectivity index (χ0n) is 13.0. The molecule has 1 N–H and O–H groups in total. The maximum atomic E-state index is 13.0. The Bertz CT molecular complexity index is 592. The minimum Gasteiger partial charge on any atom is -0.491 e. The molecule has 1 saturated heterocycles. The lowest BCUT2D eigenvalue weighted by Crippen LogP contribution is -2.46. The van der Waals surface area contributed by atoms with Crippen LogP contribution in [-0.4, -0.2) is 54.3 Å². The van der Waals surface area contributed by atoms with Crippen LogP contribution in [0.15, 0.2) is 18.2 Å². The molecule has 1 fully saturated rings. The van der Waals surface area contributed by atoms with Gasteiger partial charge in [-0.05, 0) is 31.0 Å². The molecule has 2 rings (SSSR count). The van der Waals surface area contributed by atoms with Gasteiger partial charge in [0, 0.05) is 19.3 Å². The molecule has 0 bridgehead atoms. The van der Waals surface area contributed by atoms with Crippen molar-refractivity contribution in [1.29, 1.82) is 0 Å². The lowest BCUT2D eigenvalue weighted by Gasteiger charge is -2.33. The van der Waals surface area contributed by atoms with Crippen molar-refractivity contribution in [3.05, 3.63) is 29.0 Å². The Morgan fingerprint density at radius 3 is 2.71 bits per heavy atom. The Kier molecular flexibility index (Phi) is 6.81. The van der Waals surface area contributed by atoms with Crippen LogP contribution in [0.25, 0.3) is 0 Å². The van der Waals surface area contributed by atoms with Crippen LogP contribution in [0, 0.1) is 5.82 Å². The molecule has 8 heteroatoms. The molecule has 0 radical (unpaired) electrons. The second-order valence-corrected chi connectivity index (χ2v) is 5.84. The topological polar surface area (TPSA) is 76.1 Å². The van der Waals surface area contributed by atoms with Crippen molar-refractivity contribution in [3.8, 4) is 5.75 Å². The first-order valence-corrected chi connectivity index (χ1v) is 8.02. The van der Waals surface area contributed by atoms with E-state index in [1.165, 1.54) is 17.0 Å². The molecule has 132 valence electrons. The third kappa shape index (κ3) is 5.35.